The predicted molar refractivity (Wildman–Crippen MR) is 124 cm³/mol. The van der Waals surface area contributed by atoms with E-state index >= 15 is 0 Å². The van der Waals surface area contributed by atoms with Gasteiger partial charge in [-0.1, -0.05) is 48.5 Å². The van der Waals surface area contributed by atoms with Gasteiger partial charge in [-0.05, 0) is 24.6 Å². The molecule has 3 N–H and O–H groups in total. The number of nitrogens with one attached hydrogen (secondary N) is 3. The molecule has 0 saturated carbocycles. The number of carbonyl (C=O) groups excluding carboxylic acids is 1. The quantitative estimate of drug-likeness (QED) is 0.205. The lowest BCUT2D eigenvalue weighted by Crippen LogP contribution is -2.39. The Bertz CT molecular complexity index is 696. The number of carbonyl (C=O) groups is 1. The Morgan fingerprint density at radius 2 is 1.64 bits per heavy atom. The van der Waals surface area contributed by atoms with E-state index < -0.39 is 0 Å². The van der Waals surface area contributed by atoms with Crippen LogP contribution in [-0.4, -0.2) is 38.1 Å². The number of para-hydroxylation sites is 1. The third kappa shape index (κ3) is 10.1. The van der Waals surface area contributed by atoms with Gasteiger partial charge in [-0.2, -0.15) is 0 Å². The molecule has 1 amide bonds. The third-order valence-electron chi connectivity index (χ3n) is 3.69. The molecule has 0 aliphatic rings. The summed E-state index contributed by atoms with van der Waals surface area (Å²) in [5.74, 6) is 1.52. The van der Waals surface area contributed by atoms with E-state index in [2.05, 4.69) is 20.9 Å². The number of ether oxygens (including phenoxy) is 1. The third-order valence-corrected chi connectivity index (χ3v) is 3.69. The molecule has 0 aliphatic carbocycles. The Balaban J connectivity index is 0.00000392. The molecular formula is C21H29IN4O2. The summed E-state index contributed by atoms with van der Waals surface area (Å²) in [4.78, 5) is 16.4. The van der Waals surface area contributed by atoms with E-state index in [0.717, 1.165) is 17.9 Å². The van der Waals surface area contributed by atoms with E-state index in [1.807, 2.05) is 67.6 Å². The molecule has 0 unspecified atom stereocenters. The molecule has 0 heterocycles. The predicted octanol–water partition coefficient (Wildman–Crippen LogP) is 2.95. The van der Waals surface area contributed by atoms with Crippen LogP contribution in [0, 0.1) is 0 Å². The van der Waals surface area contributed by atoms with Crippen molar-refractivity contribution in [2.45, 2.75) is 19.9 Å². The molecule has 2 rings (SSSR count). The van der Waals surface area contributed by atoms with Crippen molar-refractivity contribution in [2.24, 2.45) is 4.99 Å². The Morgan fingerprint density at radius 3 is 2.32 bits per heavy atom. The van der Waals surface area contributed by atoms with Gasteiger partial charge in [0.15, 0.2) is 5.96 Å². The summed E-state index contributed by atoms with van der Waals surface area (Å²) >= 11 is 0. The molecule has 0 aromatic heterocycles. The van der Waals surface area contributed by atoms with Crippen LogP contribution < -0.4 is 20.7 Å². The molecule has 28 heavy (non-hydrogen) atoms. The summed E-state index contributed by atoms with van der Waals surface area (Å²) in [5, 5.41) is 9.28. The molecule has 6 nitrogen and oxygen atoms in total. The summed E-state index contributed by atoms with van der Waals surface area (Å²) in [7, 11) is 0. The van der Waals surface area contributed by atoms with Gasteiger partial charge in [0.2, 0.25) is 5.91 Å². The fraction of sp³-hybridized carbons (Fsp3) is 0.333. The number of aliphatic imine (C=N–C) groups is 1. The number of hydrogen-bond acceptors (Lipinski definition) is 3. The van der Waals surface area contributed by atoms with Gasteiger partial charge in [0.25, 0.3) is 0 Å². The summed E-state index contributed by atoms with van der Waals surface area (Å²) in [6, 6.07) is 19.5. The molecule has 7 heteroatoms. The smallest absolute Gasteiger partial charge is 0.222 e. The molecule has 2 aromatic rings. The van der Waals surface area contributed by atoms with Gasteiger partial charge >= 0.3 is 0 Å². The second kappa shape index (κ2) is 14.7. The maximum Gasteiger partial charge on any atom is 0.222 e. The Hall–Kier alpha value is -2.29. The fourth-order valence-electron chi connectivity index (χ4n) is 2.35. The van der Waals surface area contributed by atoms with E-state index in [-0.39, 0.29) is 29.9 Å². The van der Waals surface area contributed by atoms with E-state index in [1.54, 1.807) is 0 Å². The maximum atomic E-state index is 11.9. The number of nitrogens with zero attached hydrogens (tertiary/aromatic N) is 1. The average Bonchev–Trinajstić information content (AvgIpc) is 2.71. The minimum atomic E-state index is -0.00846. The Kier molecular flexibility index (Phi) is 12.5. The Labute approximate surface area is 184 Å². The van der Waals surface area contributed by atoms with Gasteiger partial charge in [-0.15, -0.1) is 24.0 Å². The van der Waals surface area contributed by atoms with Crippen LogP contribution in [0.3, 0.4) is 0 Å². The van der Waals surface area contributed by atoms with Crippen molar-refractivity contribution in [3.8, 4) is 5.75 Å². The van der Waals surface area contributed by atoms with Crippen molar-refractivity contribution in [1.82, 2.24) is 16.0 Å². The number of rotatable bonds is 10. The van der Waals surface area contributed by atoms with Crippen molar-refractivity contribution < 1.29 is 9.53 Å². The molecule has 2 aromatic carbocycles. The van der Waals surface area contributed by atoms with Crippen molar-refractivity contribution in [2.75, 3.05) is 26.2 Å². The lowest BCUT2D eigenvalue weighted by Gasteiger charge is -2.12. The zero-order chi connectivity index (χ0) is 19.2. The van der Waals surface area contributed by atoms with Gasteiger partial charge in [-0.3, -0.25) is 9.79 Å². The number of amides is 1. The van der Waals surface area contributed by atoms with Crippen molar-refractivity contribution in [3.05, 3.63) is 66.2 Å². The first-order valence-electron chi connectivity index (χ1n) is 9.28. The minimum absolute atomic E-state index is 0. The second-order valence-corrected chi connectivity index (χ2v) is 5.86. The van der Waals surface area contributed by atoms with E-state index in [4.69, 9.17) is 4.74 Å². The van der Waals surface area contributed by atoms with Crippen LogP contribution in [0.1, 0.15) is 18.9 Å². The second-order valence-electron chi connectivity index (χ2n) is 5.86. The summed E-state index contributed by atoms with van der Waals surface area (Å²) in [5.41, 5.74) is 1.09. The zero-order valence-electron chi connectivity index (χ0n) is 16.2. The number of halogens is 1. The standard InChI is InChI=1S/C21H28N4O2.HI/c1-2-22-21(24-15-16-27-19-11-7-4-8-12-19)23-14-13-20(26)25-17-18-9-5-3-6-10-18;/h3-12H,2,13-17H2,1H3,(H,25,26)(H2,22,23,24);1H. The number of hydrogen-bond donors (Lipinski definition) is 3. The monoisotopic (exact) mass is 496 g/mol. The SMILES string of the molecule is CCNC(=NCCC(=O)NCc1ccccc1)NCCOc1ccccc1.I. The van der Waals surface area contributed by atoms with Crippen molar-refractivity contribution in [3.63, 3.8) is 0 Å². The van der Waals surface area contributed by atoms with Crippen molar-refractivity contribution >= 4 is 35.8 Å². The van der Waals surface area contributed by atoms with E-state index in [0.29, 0.717) is 38.6 Å². The van der Waals surface area contributed by atoms with Crippen LogP contribution in [0.5, 0.6) is 5.75 Å². The number of benzene rings is 2. The van der Waals surface area contributed by atoms with Gasteiger partial charge in [0.1, 0.15) is 12.4 Å². The minimum Gasteiger partial charge on any atom is -0.492 e. The summed E-state index contributed by atoms with van der Waals surface area (Å²) in [6.45, 7) is 4.89. The molecule has 0 atom stereocenters. The molecule has 0 fully saturated rings. The topological polar surface area (TPSA) is 74.8 Å². The van der Waals surface area contributed by atoms with Crippen LogP contribution in [-0.2, 0) is 11.3 Å². The van der Waals surface area contributed by atoms with E-state index in [9.17, 15) is 4.79 Å². The van der Waals surface area contributed by atoms with Crippen LogP contribution in [0.2, 0.25) is 0 Å². The highest BCUT2D eigenvalue weighted by atomic mass is 127. The van der Waals surface area contributed by atoms with Crippen LogP contribution in [0.15, 0.2) is 65.7 Å². The first-order valence-corrected chi connectivity index (χ1v) is 9.28. The molecule has 0 saturated heterocycles. The lowest BCUT2D eigenvalue weighted by molar-refractivity contribution is -0.121. The molecule has 0 spiro atoms. The highest BCUT2D eigenvalue weighted by Gasteiger charge is 2.02. The molecule has 0 radical (unpaired) electrons. The zero-order valence-corrected chi connectivity index (χ0v) is 18.5. The highest BCUT2D eigenvalue weighted by Crippen LogP contribution is 2.07. The highest BCUT2D eigenvalue weighted by molar-refractivity contribution is 14.0. The van der Waals surface area contributed by atoms with Crippen molar-refractivity contribution in [1.29, 1.82) is 0 Å². The van der Waals surface area contributed by atoms with Crippen LogP contribution >= 0.6 is 24.0 Å². The van der Waals surface area contributed by atoms with Gasteiger partial charge < -0.3 is 20.7 Å². The van der Waals surface area contributed by atoms with Gasteiger partial charge in [0, 0.05) is 19.5 Å². The first-order chi connectivity index (χ1) is 13.3. The van der Waals surface area contributed by atoms with E-state index in [1.165, 1.54) is 0 Å². The largest absolute Gasteiger partial charge is 0.492 e. The summed E-state index contributed by atoms with van der Waals surface area (Å²) in [6.07, 6.45) is 0.351. The first kappa shape index (κ1) is 23.7. The van der Waals surface area contributed by atoms with Gasteiger partial charge in [-0.25, -0.2) is 0 Å². The number of guanidine groups is 1. The molecule has 152 valence electrons. The van der Waals surface area contributed by atoms with Gasteiger partial charge in [0.05, 0.1) is 13.1 Å². The molecular weight excluding hydrogens is 467 g/mol. The average molecular weight is 496 g/mol. The maximum absolute atomic E-state index is 11.9. The van der Waals surface area contributed by atoms with Crippen LogP contribution in [0.25, 0.3) is 0 Å². The Morgan fingerprint density at radius 1 is 0.964 bits per heavy atom. The normalized spacial score (nSPS) is 10.5. The lowest BCUT2D eigenvalue weighted by atomic mass is 10.2. The molecule has 0 aliphatic heterocycles. The van der Waals surface area contributed by atoms with Crippen LogP contribution in [0.4, 0.5) is 0 Å². The fourth-order valence-corrected chi connectivity index (χ4v) is 2.35. The molecule has 0 bridgehead atoms. The summed E-state index contributed by atoms with van der Waals surface area (Å²) < 4.78 is 5.64.